The molecule has 0 aliphatic carbocycles. The minimum atomic E-state index is 0.354. The Morgan fingerprint density at radius 2 is 1.92 bits per heavy atom. The highest BCUT2D eigenvalue weighted by Gasteiger charge is 2.18. The fraction of sp³-hybridized carbons (Fsp3) is 0.111. The van der Waals surface area contributed by atoms with Crippen molar-refractivity contribution in [3.8, 4) is 11.7 Å². The fourth-order valence-electron chi connectivity index (χ4n) is 2.74. The summed E-state index contributed by atoms with van der Waals surface area (Å²) in [5, 5.41) is 13.6. The summed E-state index contributed by atoms with van der Waals surface area (Å²) in [4.78, 5) is 10.0. The maximum atomic E-state index is 5.80. The molecule has 0 aliphatic rings. The molecule has 0 fully saturated rings. The lowest BCUT2D eigenvalue weighted by atomic mass is 10.2. The SMILES string of the molecule is Cc1nc(Sc2nnc(-c3cc4ccccc4o3)o2)c2c(C)csc2n1. The molecule has 0 saturated carbocycles. The number of aryl methyl sites for hydroxylation is 2. The number of rotatable bonds is 3. The van der Waals surface area contributed by atoms with Gasteiger partial charge in [0.15, 0.2) is 5.76 Å². The van der Waals surface area contributed by atoms with Crippen molar-refractivity contribution in [2.75, 3.05) is 0 Å². The molecule has 0 bridgehead atoms. The van der Waals surface area contributed by atoms with Gasteiger partial charge in [-0.3, -0.25) is 0 Å². The number of para-hydroxylation sites is 1. The van der Waals surface area contributed by atoms with Gasteiger partial charge in [0.25, 0.3) is 11.1 Å². The van der Waals surface area contributed by atoms with E-state index in [0.717, 1.165) is 37.6 Å². The van der Waals surface area contributed by atoms with E-state index in [1.165, 1.54) is 11.8 Å². The number of benzene rings is 1. The van der Waals surface area contributed by atoms with E-state index in [0.29, 0.717) is 16.9 Å². The first kappa shape index (κ1) is 15.5. The number of hydrogen-bond donors (Lipinski definition) is 0. The van der Waals surface area contributed by atoms with Crippen LogP contribution in [-0.2, 0) is 0 Å². The van der Waals surface area contributed by atoms with Crippen LogP contribution in [0, 0.1) is 13.8 Å². The first-order chi connectivity index (χ1) is 12.7. The molecular formula is C18H12N4O2S2. The molecule has 0 spiro atoms. The number of aromatic nitrogens is 4. The summed E-state index contributed by atoms with van der Waals surface area (Å²) in [6, 6.07) is 9.67. The van der Waals surface area contributed by atoms with E-state index in [9.17, 15) is 0 Å². The summed E-state index contributed by atoms with van der Waals surface area (Å²) in [6.45, 7) is 3.93. The minimum Gasteiger partial charge on any atom is -0.451 e. The number of fused-ring (bicyclic) bond motifs is 2. The van der Waals surface area contributed by atoms with Crippen molar-refractivity contribution in [3.63, 3.8) is 0 Å². The van der Waals surface area contributed by atoms with E-state index in [1.54, 1.807) is 11.3 Å². The smallest absolute Gasteiger partial charge is 0.284 e. The molecule has 0 saturated heterocycles. The van der Waals surface area contributed by atoms with Gasteiger partial charge in [0.1, 0.15) is 21.3 Å². The molecule has 0 amide bonds. The van der Waals surface area contributed by atoms with Crippen LogP contribution in [-0.4, -0.2) is 20.2 Å². The standard InChI is InChI=1S/C18H12N4O2S2/c1-9-8-25-16-14(9)17(20-10(2)19-16)26-18-22-21-15(24-18)13-7-11-5-3-4-6-12(11)23-13/h3-8H,1-2H3. The first-order valence-corrected chi connectivity index (χ1v) is 9.60. The van der Waals surface area contributed by atoms with Crippen molar-refractivity contribution >= 4 is 44.3 Å². The zero-order valence-electron chi connectivity index (χ0n) is 13.9. The Bertz CT molecular complexity index is 1220. The molecular weight excluding hydrogens is 368 g/mol. The second-order valence-corrected chi connectivity index (χ2v) is 7.60. The summed E-state index contributed by atoms with van der Waals surface area (Å²) in [5.41, 5.74) is 1.93. The van der Waals surface area contributed by atoms with Crippen LogP contribution in [0.5, 0.6) is 0 Å². The molecule has 5 rings (SSSR count). The summed E-state index contributed by atoms with van der Waals surface area (Å²) < 4.78 is 11.6. The molecule has 0 atom stereocenters. The van der Waals surface area contributed by atoms with E-state index in [4.69, 9.17) is 8.83 Å². The topological polar surface area (TPSA) is 77.8 Å². The Hall–Kier alpha value is -2.71. The van der Waals surface area contributed by atoms with Gasteiger partial charge in [-0.15, -0.1) is 21.5 Å². The molecule has 0 radical (unpaired) electrons. The number of furan rings is 1. The third kappa shape index (κ3) is 2.58. The van der Waals surface area contributed by atoms with Gasteiger partial charge in [0, 0.05) is 10.8 Å². The summed E-state index contributed by atoms with van der Waals surface area (Å²) >= 11 is 2.96. The molecule has 6 nitrogen and oxygen atoms in total. The summed E-state index contributed by atoms with van der Waals surface area (Å²) in [6.07, 6.45) is 0. The third-order valence-corrected chi connectivity index (χ3v) is 5.74. The highest BCUT2D eigenvalue weighted by atomic mass is 32.2. The second-order valence-electron chi connectivity index (χ2n) is 5.80. The Kier molecular flexibility index (Phi) is 3.54. The number of thiophene rings is 1. The van der Waals surface area contributed by atoms with E-state index < -0.39 is 0 Å². The lowest BCUT2D eigenvalue weighted by Gasteiger charge is -2.01. The van der Waals surface area contributed by atoms with Crippen LogP contribution in [0.25, 0.3) is 32.8 Å². The second kappa shape index (κ2) is 5.93. The highest BCUT2D eigenvalue weighted by molar-refractivity contribution is 7.99. The van der Waals surface area contributed by atoms with Crippen molar-refractivity contribution in [2.45, 2.75) is 24.1 Å². The molecule has 0 N–H and O–H groups in total. The molecule has 0 unspecified atom stereocenters. The van der Waals surface area contributed by atoms with E-state index in [1.807, 2.05) is 37.3 Å². The first-order valence-electron chi connectivity index (χ1n) is 7.90. The fourth-order valence-corrected chi connectivity index (χ4v) is 4.68. The number of hydrogen-bond acceptors (Lipinski definition) is 8. The minimum absolute atomic E-state index is 0.354. The van der Waals surface area contributed by atoms with Crippen LogP contribution in [0.3, 0.4) is 0 Å². The van der Waals surface area contributed by atoms with Gasteiger partial charge in [-0.25, -0.2) is 9.97 Å². The molecule has 26 heavy (non-hydrogen) atoms. The van der Waals surface area contributed by atoms with Crippen molar-refractivity contribution < 1.29 is 8.83 Å². The lowest BCUT2D eigenvalue weighted by Crippen LogP contribution is -1.91. The van der Waals surface area contributed by atoms with Crippen LogP contribution in [0.1, 0.15) is 11.4 Å². The van der Waals surface area contributed by atoms with E-state index in [-0.39, 0.29) is 0 Å². The Labute approximate surface area is 156 Å². The maximum Gasteiger partial charge on any atom is 0.284 e. The predicted octanol–water partition coefficient (Wildman–Crippen LogP) is 5.26. The zero-order chi connectivity index (χ0) is 17.7. The van der Waals surface area contributed by atoms with Crippen molar-refractivity contribution in [2.24, 2.45) is 0 Å². The van der Waals surface area contributed by atoms with E-state index >= 15 is 0 Å². The van der Waals surface area contributed by atoms with E-state index in [2.05, 4.69) is 32.5 Å². The van der Waals surface area contributed by atoms with Gasteiger partial charge in [-0.2, -0.15) is 0 Å². The molecule has 4 heterocycles. The van der Waals surface area contributed by atoms with Gasteiger partial charge in [-0.1, -0.05) is 18.2 Å². The third-order valence-electron chi connectivity index (χ3n) is 3.92. The Morgan fingerprint density at radius 3 is 2.81 bits per heavy atom. The molecule has 5 aromatic rings. The van der Waals surface area contributed by atoms with Gasteiger partial charge in [0.05, 0.1) is 0 Å². The molecule has 4 aromatic heterocycles. The average Bonchev–Trinajstić information content (AvgIpc) is 3.33. The monoisotopic (exact) mass is 380 g/mol. The van der Waals surface area contributed by atoms with Crippen LogP contribution in [0.4, 0.5) is 0 Å². The van der Waals surface area contributed by atoms with Gasteiger partial charge < -0.3 is 8.83 Å². The van der Waals surface area contributed by atoms with Gasteiger partial charge in [0.2, 0.25) is 0 Å². The predicted molar refractivity (Wildman–Crippen MR) is 101 cm³/mol. The zero-order valence-corrected chi connectivity index (χ0v) is 15.5. The van der Waals surface area contributed by atoms with Crippen LogP contribution >= 0.6 is 23.1 Å². The van der Waals surface area contributed by atoms with Crippen molar-refractivity contribution in [1.29, 1.82) is 0 Å². The van der Waals surface area contributed by atoms with Crippen LogP contribution < -0.4 is 0 Å². The average molecular weight is 380 g/mol. The van der Waals surface area contributed by atoms with Gasteiger partial charge >= 0.3 is 0 Å². The molecule has 8 heteroatoms. The van der Waals surface area contributed by atoms with Crippen molar-refractivity contribution in [1.82, 2.24) is 20.2 Å². The quantitative estimate of drug-likeness (QED) is 0.395. The van der Waals surface area contributed by atoms with Gasteiger partial charge in [-0.05, 0) is 48.7 Å². The highest BCUT2D eigenvalue weighted by Crippen LogP contribution is 2.36. The van der Waals surface area contributed by atoms with Crippen LogP contribution in [0.15, 0.2) is 54.8 Å². The Balaban J connectivity index is 1.52. The number of nitrogens with zero attached hydrogens (tertiary/aromatic N) is 4. The Morgan fingerprint density at radius 1 is 1.04 bits per heavy atom. The molecule has 0 aliphatic heterocycles. The van der Waals surface area contributed by atoms with Crippen LogP contribution in [0.2, 0.25) is 0 Å². The van der Waals surface area contributed by atoms with Crippen molar-refractivity contribution in [3.05, 3.63) is 47.1 Å². The normalized spacial score (nSPS) is 11.6. The summed E-state index contributed by atoms with van der Waals surface area (Å²) in [5.74, 6) is 1.63. The maximum absolute atomic E-state index is 5.80. The molecule has 1 aromatic carbocycles. The molecule has 128 valence electrons. The summed E-state index contributed by atoms with van der Waals surface area (Å²) in [7, 11) is 0. The largest absolute Gasteiger partial charge is 0.451 e. The lowest BCUT2D eigenvalue weighted by molar-refractivity contribution is 0.451.